The van der Waals surface area contributed by atoms with Gasteiger partial charge in [0.25, 0.3) is 0 Å². The van der Waals surface area contributed by atoms with E-state index in [2.05, 4.69) is 9.72 Å². The Balaban J connectivity index is 2.88. The average Bonchev–Trinajstić information content (AvgIpc) is 2.15. The Labute approximate surface area is 80.1 Å². The van der Waals surface area contributed by atoms with E-state index in [0.29, 0.717) is 0 Å². The molecule has 5 heteroatoms. The number of aromatic nitrogens is 1. The minimum Gasteiger partial charge on any atom is -0.467 e. The van der Waals surface area contributed by atoms with E-state index in [1.165, 1.54) is 13.2 Å². The van der Waals surface area contributed by atoms with Gasteiger partial charge in [-0.3, -0.25) is 0 Å². The lowest BCUT2D eigenvalue weighted by Gasteiger charge is -2.06. The summed E-state index contributed by atoms with van der Waals surface area (Å²) in [7, 11) is 1.19. The number of aliphatic hydroxyl groups is 1. The van der Waals surface area contributed by atoms with Crippen LogP contribution in [0.4, 0.5) is 0 Å². The number of carbonyl (C=O) groups excluding carboxylic acids is 1. The highest BCUT2D eigenvalue weighted by Gasteiger charge is 2.18. The minimum absolute atomic E-state index is 0.180. The van der Waals surface area contributed by atoms with Gasteiger partial charge in [-0.15, -0.1) is 0 Å². The quantitative estimate of drug-likeness (QED) is 0.572. The molecular weight excluding hydrogens is 194 g/mol. The van der Waals surface area contributed by atoms with Gasteiger partial charge in [0.1, 0.15) is 5.15 Å². The Bertz CT molecular complexity index is 316. The van der Waals surface area contributed by atoms with Crippen LogP contribution in [-0.4, -0.2) is 23.2 Å². The number of pyridine rings is 1. The number of hydrogen-bond donors (Lipinski definition) is 1. The highest BCUT2D eigenvalue weighted by atomic mass is 35.5. The molecule has 1 atom stereocenters. The first kappa shape index (κ1) is 9.95. The summed E-state index contributed by atoms with van der Waals surface area (Å²) in [6, 6.07) is 4.64. The minimum atomic E-state index is -1.37. The van der Waals surface area contributed by atoms with Crippen LogP contribution in [0.1, 0.15) is 11.8 Å². The molecule has 0 spiro atoms. The second-order valence-electron chi connectivity index (χ2n) is 2.31. The Hall–Kier alpha value is -1.13. The molecule has 13 heavy (non-hydrogen) atoms. The highest BCUT2D eigenvalue weighted by Crippen LogP contribution is 2.13. The fourth-order valence-corrected chi connectivity index (χ4v) is 0.979. The van der Waals surface area contributed by atoms with Crippen LogP contribution in [0.25, 0.3) is 0 Å². The van der Waals surface area contributed by atoms with Crippen LogP contribution < -0.4 is 0 Å². The number of hydrogen-bond acceptors (Lipinski definition) is 4. The molecule has 0 bridgehead atoms. The van der Waals surface area contributed by atoms with Crippen molar-refractivity contribution in [2.75, 3.05) is 7.11 Å². The first-order valence-corrected chi connectivity index (χ1v) is 3.91. The third kappa shape index (κ3) is 2.40. The first-order valence-electron chi connectivity index (χ1n) is 3.53. The molecule has 70 valence electrons. The number of carbonyl (C=O) groups is 1. The van der Waals surface area contributed by atoms with Crippen molar-refractivity contribution in [2.45, 2.75) is 6.10 Å². The molecule has 1 unspecified atom stereocenters. The van der Waals surface area contributed by atoms with Gasteiger partial charge < -0.3 is 9.84 Å². The number of methoxy groups -OCH3 is 1. The van der Waals surface area contributed by atoms with Gasteiger partial charge in [0.15, 0.2) is 6.10 Å². The van der Waals surface area contributed by atoms with E-state index in [9.17, 15) is 9.90 Å². The average molecular weight is 202 g/mol. The largest absolute Gasteiger partial charge is 0.467 e. The molecule has 4 nitrogen and oxygen atoms in total. The number of esters is 1. The maximum atomic E-state index is 10.9. The van der Waals surface area contributed by atoms with Crippen molar-refractivity contribution in [3.63, 3.8) is 0 Å². The first-order chi connectivity index (χ1) is 6.15. The van der Waals surface area contributed by atoms with Crippen LogP contribution in [0, 0.1) is 0 Å². The van der Waals surface area contributed by atoms with E-state index in [4.69, 9.17) is 11.6 Å². The molecule has 0 fully saturated rings. The maximum Gasteiger partial charge on any atom is 0.341 e. The number of aliphatic hydroxyl groups excluding tert-OH is 1. The summed E-state index contributed by atoms with van der Waals surface area (Å²) in [6.07, 6.45) is -1.37. The molecular formula is C8H8ClNO3. The van der Waals surface area contributed by atoms with E-state index >= 15 is 0 Å². The van der Waals surface area contributed by atoms with Gasteiger partial charge in [0, 0.05) is 0 Å². The molecule has 0 aliphatic rings. The second kappa shape index (κ2) is 4.20. The second-order valence-corrected chi connectivity index (χ2v) is 2.70. The van der Waals surface area contributed by atoms with Crippen molar-refractivity contribution in [1.29, 1.82) is 0 Å². The Kier molecular flexibility index (Phi) is 3.22. The van der Waals surface area contributed by atoms with Crippen molar-refractivity contribution in [3.8, 4) is 0 Å². The summed E-state index contributed by atoms with van der Waals surface area (Å²) in [5.41, 5.74) is 0.180. The third-order valence-electron chi connectivity index (χ3n) is 1.44. The Morgan fingerprint density at radius 2 is 2.38 bits per heavy atom. The van der Waals surface area contributed by atoms with Gasteiger partial charge in [-0.05, 0) is 12.1 Å². The fraction of sp³-hybridized carbons (Fsp3) is 0.250. The van der Waals surface area contributed by atoms with Crippen LogP contribution in [-0.2, 0) is 9.53 Å². The number of ether oxygens (including phenoxy) is 1. The molecule has 1 rings (SSSR count). The summed E-state index contributed by atoms with van der Waals surface area (Å²) in [5.74, 6) is -0.755. The van der Waals surface area contributed by atoms with Crippen molar-refractivity contribution in [3.05, 3.63) is 29.0 Å². The highest BCUT2D eigenvalue weighted by molar-refractivity contribution is 6.29. The zero-order chi connectivity index (χ0) is 9.84. The molecule has 0 radical (unpaired) electrons. The van der Waals surface area contributed by atoms with E-state index in [1.807, 2.05) is 0 Å². The fourth-order valence-electron chi connectivity index (χ4n) is 0.809. The zero-order valence-electron chi connectivity index (χ0n) is 6.90. The normalized spacial score (nSPS) is 12.2. The van der Waals surface area contributed by atoms with Gasteiger partial charge in [-0.1, -0.05) is 17.7 Å². The van der Waals surface area contributed by atoms with Gasteiger partial charge in [0.05, 0.1) is 12.8 Å². The molecule has 1 N–H and O–H groups in total. The number of rotatable bonds is 2. The molecule has 0 aromatic carbocycles. The maximum absolute atomic E-state index is 10.9. The predicted octanol–water partition coefficient (Wildman–Crippen LogP) is 0.941. The number of nitrogens with zero attached hydrogens (tertiary/aromatic N) is 1. The van der Waals surface area contributed by atoms with Crippen LogP contribution >= 0.6 is 11.6 Å². The summed E-state index contributed by atoms with van der Waals surface area (Å²) in [4.78, 5) is 14.6. The molecule has 0 aliphatic heterocycles. The lowest BCUT2D eigenvalue weighted by molar-refractivity contribution is -0.150. The molecule has 0 aliphatic carbocycles. The SMILES string of the molecule is COC(=O)C(O)c1cccc(Cl)n1. The lowest BCUT2D eigenvalue weighted by Crippen LogP contribution is -2.14. The van der Waals surface area contributed by atoms with E-state index in [-0.39, 0.29) is 10.8 Å². The molecule has 1 aromatic heterocycles. The molecule has 0 amide bonds. The summed E-state index contributed by atoms with van der Waals surface area (Å²) < 4.78 is 4.33. The van der Waals surface area contributed by atoms with Gasteiger partial charge in [-0.25, -0.2) is 9.78 Å². The predicted molar refractivity (Wildman–Crippen MR) is 46.2 cm³/mol. The van der Waals surface area contributed by atoms with Crippen molar-refractivity contribution in [2.24, 2.45) is 0 Å². The smallest absolute Gasteiger partial charge is 0.341 e. The molecule has 0 saturated heterocycles. The number of halogens is 1. The van der Waals surface area contributed by atoms with Gasteiger partial charge in [-0.2, -0.15) is 0 Å². The van der Waals surface area contributed by atoms with Crippen LogP contribution in [0.3, 0.4) is 0 Å². The van der Waals surface area contributed by atoms with E-state index in [0.717, 1.165) is 0 Å². The lowest BCUT2D eigenvalue weighted by atomic mass is 10.2. The van der Waals surface area contributed by atoms with E-state index in [1.54, 1.807) is 12.1 Å². The van der Waals surface area contributed by atoms with Crippen LogP contribution in [0.5, 0.6) is 0 Å². The van der Waals surface area contributed by atoms with Crippen molar-refractivity contribution >= 4 is 17.6 Å². The van der Waals surface area contributed by atoms with Crippen LogP contribution in [0.15, 0.2) is 18.2 Å². The Morgan fingerprint density at radius 3 is 2.92 bits per heavy atom. The van der Waals surface area contributed by atoms with Gasteiger partial charge in [0.2, 0.25) is 0 Å². The summed E-state index contributed by atoms with van der Waals surface area (Å²) in [6.45, 7) is 0. The topological polar surface area (TPSA) is 59.4 Å². The monoisotopic (exact) mass is 201 g/mol. The van der Waals surface area contributed by atoms with Crippen LogP contribution in [0.2, 0.25) is 5.15 Å². The third-order valence-corrected chi connectivity index (χ3v) is 1.65. The standard InChI is InChI=1S/C8H8ClNO3/c1-13-8(12)7(11)5-3-2-4-6(9)10-5/h2-4,7,11H,1H3. The summed E-state index contributed by atoms with van der Waals surface area (Å²) >= 11 is 5.56. The van der Waals surface area contributed by atoms with Crippen molar-refractivity contribution in [1.82, 2.24) is 4.98 Å². The van der Waals surface area contributed by atoms with Gasteiger partial charge >= 0.3 is 5.97 Å². The molecule has 0 saturated carbocycles. The molecule has 1 heterocycles. The molecule has 1 aromatic rings. The summed E-state index contributed by atoms with van der Waals surface area (Å²) in [5, 5.41) is 9.54. The zero-order valence-corrected chi connectivity index (χ0v) is 7.65. The van der Waals surface area contributed by atoms with Crippen molar-refractivity contribution < 1.29 is 14.6 Å². The Morgan fingerprint density at radius 1 is 1.69 bits per heavy atom. The van der Waals surface area contributed by atoms with E-state index < -0.39 is 12.1 Å².